The van der Waals surface area contributed by atoms with E-state index in [9.17, 15) is 14.4 Å². The number of rotatable bonds is 10. The van der Waals surface area contributed by atoms with Crippen LogP contribution in [0.2, 0.25) is 0 Å². The molecule has 2 heterocycles. The van der Waals surface area contributed by atoms with Gasteiger partial charge in [0, 0.05) is 44.0 Å². The van der Waals surface area contributed by atoms with E-state index in [1.165, 1.54) is 0 Å². The van der Waals surface area contributed by atoms with Crippen LogP contribution in [0.1, 0.15) is 67.3 Å². The van der Waals surface area contributed by atoms with Gasteiger partial charge in [0.1, 0.15) is 11.8 Å². The molecule has 9 nitrogen and oxygen atoms in total. The molecule has 2 atom stereocenters. The maximum atomic E-state index is 13.8. The number of amides is 3. The first-order valence-corrected chi connectivity index (χ1v) is 15.1. The number of benzene rings is 1. The van der Waals surface area contributed by atoms with Gasteiger partial charge in [-0.3, -0.25) is 19.4 Å². The molecule has 41 heavy (non-hydrogen) atoms. The summed E-state index contributed by atoms with van der Waals surface area (Å²) in [6.07, 6.45) is 10.3. The van der Waals surface area contributed by atoms with Gasteiger partial charge in [0.2, 0.25) is 11.8 Å². The minimum Gasteiger partial charge on any atom is -0.497 e. The van der Waals surface area contributed by atoms with Gasteiger partial charge < -0.3 is 25.6 Å². The number of likely N-dealkylation sites (tertiary alicyclic amines) is 1. The number of methoxy groups -OCH3 is 1. The molecule has 9 heteroatoms. The fourth-order valence-corrected chi connectivity index (χ4v) is 6.33. The number of nitrogens with two attached hydrogens (primary N) is 1. The largest absolute Gasteiger partial charge is 0.497 e. The molecule has 1 aromatic carbocycles. The van der Waals surface area contributed by atoms with Crippen molar-refractivity contribution in [2.45, 2.75) is 70.0 Å². The first kappa shape index (κ1) is 29.0. The molecule has 3 amide bonds. The Balaban J connectivity index is 1.34. The lowest BCUT2D eigenvalue weighted by molar-refractivity contribution is -0.139. The molecule has 0 radical (unpaired) electrons. The van der Waals surface area contributed by atoms with E-state index in [0.717, 1.165) is 56.4 Å². The van der Waals surface area contributed by atoms with Crippen LogP contribution >= 0.6 is 0 Å². The topological polar surface area (TPSA) is 118 Å². The SMILES string of the molecule is COc1cccc(CN(C(=O)C2CC2)C2CCN(C(=O)c3cccnc3)[C@@H](C(=O)NCC3CCC(CN)CC3)C2)c1. The molecule has 220 valence electrons. The number of pyridine rings is 1. The van der Waals surface area contributed by atoms with E-state index in [1.807, 2.05) is 29.2 Å². The summed E-state index contributed by atoms with van der Waals surface area (Å²) in [6.45, 7) is 2.16. The van der Waals surface area contributed by atoms with Crippen LogP contribution in [0.25, 0.3) is 0 Å². The zero-order chi connectivity index (χ0) is 28.8. The monoisotopic (exact) mass is 561 g/mol. The van der Waals surface area contributed by atoms with Crippen LogP contribution in [-0.4, -0.2) is 71.3 Å². The van der Waals surface area contributed by atoms with E-state index in [1.54, 1.807) is 36.5 Å². The normalized spacial score (nSPS) is 24.4. The number of ether oxygens (including phenoxy) is 1. The molecule has 2 saturated carbocycles. The zero-order valence-electron chi connectivity index (χ0n) is 24.0. The summed E-state index contributed by atoms with van der Waals surface area (Å²) < 4.78 is 5.41. The summed E-state index contributed by atoms with van der Waals surface area (Å²) in [6, 6.07) is 10.4. The van der Waals surface area contributed by atoms with Crippen molar-refractivity contribution in [2.24, 2.45) is 23.5 Å². The number of carbonyl (C=O) groups excluding carboxylic acids is 3. The number of piperidine rings is 1. The van der Waals surface area contributed by atoms with Gasteiger partial charge in [-0.05, 0) is 99.6 Å². The molecule has 3 N–H and O–H groups in total. The lowest BCUT2D eigenvalue weighted by Gasteiger charge is -2.43. The van der Waals surface area contributed by atoms with Crippen molar-refractivity contribution in [2.75, 3.05) is 26.7 Å². The van der Waals surface area contributed by atoms with Gasteiger partial charge in [-0.25, -0.2) is 0 Å². The van der Waals surface area contributed by atoms with Crippen molar-refractivity contribution >= 4 is 17.7 Å². The van der Waals surface area contributed by atoms with E-state index < -0.39 is 6.04 Å². The molecule has 1 unspecified atom stereocenters. The minimum atomic E-state index is -0.665. The Labute approximate surface area is 242 Å². The molecule has 2 aliphatic carbocycles. The second-order valence-corrected chi connectivity index (χ2v) is 11.9. The third-order valence-corrected chi connectivity index (χ3v) is 9.05. The second-order valence-electron chi connectivity index (χ2n) is 11.9. The van der Waals surface area contributed by atoms with Crippen molar-refractivity contribution < 1.29 is 19.1 Å². The van der Waals surface area contributed by atoms with Crippen LogP contribution in [-0.2, 0) is 16.1 Å². The summed E-state index contributed by atoms with van der Waals surface area (Å²) in [5.41, 5.74) is 7.31. The zero-order valence-corrected chi connectivity index (χ0v) is 24.0. The van der Waals surface area contributed by atoms with Crippen molar-refractivity contribution in [3.05, 3.63) is 59.9 Å². The number of nitrogens with zero attached hydrogens (tertiary/aromatic N) is 3. The van der Waals surface area contributed by atoms with E-state index in [0.29, 0.717) is 49.9 Å². The average molecular weight is 562 g/mol. The van der Waals surface area contributed by atoms with Gasteiger partial charge in [-0.2, -0.15) is 0 Å². The average Bonchev–Trinajstić information content (AvgIpc) is 3.88. The third kappa shape index (κ3) is 7.25. The van der Waals surface area contributed by atoms with Gasteiger partial charge >= 0.3 is 0 Å². The molecule has 1 saturated heterocycles. The van der Waals surface area contributed by atoms with Crippen LogP contribution in [0, 0.1) is 17.8 Å². The highest BCUT2D eigenvalue weighted by Crippen LogP contribution is 2.35. The van der Waals surface area contributed by atoms with E-state index in [-0.39, 0.29) is 29.7 Å². The Kier molecular flexibility index (Phi) is 9.54. The molecule has 3 fully saturated rings. The molecule has 3 aliphatic rings. The van der Waals surface area contributed by atoms with Gasteiger partial charge in [-0.15, -0.1) is 0 Å². The van der Waals surface area contributed by atoms with Gasteiger partial charge in [0.05, 0.1) is 12.7 Å². The lowest BCUT2D eigenvalue weighted by Crippen LogP contribution is -2.58. The van der Waals surface area contributed by atoms with Crippen molar-refractivity contribution in [3.8, 4) is 5.75 Å². The van der Waals surface area contributed by atoms with E-state index in [4.69, 9.17) is 10.5 Å². The van der Waals surface area contributed by atoms with Gasteiger partial charge in [-0.1, -0.05) is 12.1 Å². The van der Waals surface area contributed by atoms with Crippen molar-refractivity contribution in [3.63, 3.8) is 0 Å². The quantitative estimate of drug-likeness (QED) is 0.459. The fraction of sp³-hybridized carbons (Fsp3) is 0.562. The second kappa shape index (κ2) is 13.5. The van der Waals surface area contributed by atoms with Crippen LogP contribution in [0.4, 0.5) is 0 Å². The van der Waals surface area contributed by atoms with Crippen LogP contribution < -0.4 is 15.8 Å². The van der Waals surface area contributed by atoms with Crippen molar-refractivity contribution in [1.82, 2.24) is 20.1 Å². The molecular formula is C32H43N5O4. The van der Waals surface area contributed by atoms with Crippen LogP contribution in [0.5, 0.6) is 5.75 Å². The maximum absolute atomic E-state index is 13.8. The fourth-order valence-electron chi connectivity index (χ4n) is 6.33. The molecule has 1 aromatic heterocycles. The molecule has 0 spiro atoms. The predicted molar refractivity (Wildman–Crippen MR) is 156 cm³/mol. The van der Waals surface area contributed by atoms with Gasteiger partial charge in [0.15, 0.2) is 0 Å². The van der Waals surface area contributed by atoms with Crippen LogP contribution in [0.15, 0.2) is 48.8 Å². The summed E-state index contributed by atoms with van der Waals surface area (Å²) >= 11 is 0. The number of hydrogen-bond donors (Lipinski definition) is 2. The van der Waals surface area contributed by atoms with Crippen LogP contribution in [0.3, 0.4) is 0 Å². The number of carbonyl (C=O) groups is 3. The van der Waals surface area contributed by atoms with E-state index >= 15 is 0 Å². The Bertz CT molecular complexity index is 1200. The van der Waals surface area contributed by atoms with E-state index in [2.05, 4.69) is 10.3 Å². The summed E-state index contributed by atoms with van der Waals surface area (Å²) in [5.74, 6) is 1.59. The number of aromatic nitrogens is 1. The molecule has 0 bridgehead atoms. The smallest absolute Gasteiger partial charge is 0.256 e. The molecule has 1 aliphatic heterocycles. The number of hydrogen-bond acceptors (Lipinski definition) is 6. The maximum Gasteiger partial charge on any atom is 0.256 e. The standard InChI is InChI=1S/C32H43N5O4/c1-41-28-6-2-4-24(16-28)21-37(31(39)25-11-12-25)27-13-15-36(32(40)26-5-3-14-34-20-26)29(17-27)30(38)35-19-23-9-7-22(18-33)8-10-23/h2-6,14,16,20,22-23,25,27,29H,7-13,15,17-19,21,33H2,1H3,(H,35,38)/t22?,23?,27?,29-/m1/s1. The summed E-state index contributed by atoms with van der Waals surface area (Å²) in [7, 11) is 1.63. The van der Waals surface area contributed by atoms with Crippen molar-refractivity contribution in [1.29, 1.82) is 0 Å². The number of nitrogens with one attached hydrogen (secondary N) is 1. The molecular weight excluding hydrogens is 518 g/mol. The highest BCUT2D eigenvalue weighted by Gasteiger charge is 2.42. The Morgan fingerprint density at radius 1 is 1.05 bits per heavy atom. The Hall–Kier alpha value is -3.46. The third-order valence-electron chi connectivity index (χ3n) is 9.05. The minimum absolute atomic E-state index is 0.0478. The highest BCUT2D eigenvalue weighted by molar-refractivity contribution is 5.97. The summed E-state index contributed by atoms with van der Waals surface area (Å²) in [5, 5.41) is 3.18. The first-order valence-electron chi connectivity index (χ1n) is 15.1. The lowest BCUT2D eigenvalue weighted by atomic mass is 9.82. The first-order chi connectivity index (χ1) is 20.0. The summed E-state index contributed by atoms with van der Waals surface area (Å²) in [4.78, 5) is 48.7. The Morgan fingerprint density at radius 3 is 2.51 bits per heavy atom. The predicted octanol–water partition coefficient (Wildman–Crippen LogP) is 3.38. The molecule has 2 aromatic rings. The highest BCUT2D eigenvalue weighted by atomic mass is 16.5. The molecule has 5 rings (SSSR count). The van der Waals surface area contributed by atoms with Gasteiger partial charge in [0.25, 0.3) is 5.91 Å². The Morgan fingerprint density at radius 2 is 1.83 bits per heavy atom.